The van der Waals surface area contributed by atoms with Crippen LogP contribution in [0.2, 0.25) is 0 Å². The second-order valence-electron chi connectivity index (χ2n) is 17.2. The van der Waals surface area contributed by atoms with Gasteiger partial charge in [-0.05, 0) is 102 Å². The second kappa shape index (κ2) is 16.4. The molecule has 0 amide bonds. The van der Waals surface area contributed by atoms with Crippen LogP contribution in [0, 0.1) is 0 Å². The molecule has 0 atom stereocenters. The number of hydrogen-bond donors (Lipinski definition) is 0. The molecule has 1 heteroatoms. The molecule has 0 fully saturated rings. The summed E-state index contributed by atoms with van der Waals surface area (Å²) in [5.74, 6) is 0. The fourth-order valence-corrected chi connectivity index (χ4v) is 10.1. The first-order chi connectivity index (χ1) is 31.5. The first kappa shape index (κ1) is 38.9. The van der Waals surface area contributed by atoms with Crippen molar-refractivity contribution in [2.75, 3.05) is 4.90 Å². The molecule has 1 nitrogen and oxygen atoms in total. The number of fused-ring (bicyclic) bond motifs is 3. The van der Waals surface area contributed by atoms with E-state index in [0.29, 0.717) is 0 Å². The van der Waals surface area contributed by atoms with Gasteiger partial charge in [0.15, 0.2) is 0 Å². The van der Waals surface area contributed by atoms with Gasteiger partial charge in [0.05, 0.1) is 11.4 Å². The minimum Gasteiger partial charge on any atom is -0.309 e. The Morgan fingerprint density at radius 2 is 0.656 bits per heavy atom. The van der Waals surface area contributed by atoms with Crippen LogP contribution in [0.1, 0.15) is 25.0 Å². The lowest BCUT2D eigenvalue weighted by Crippen LogP contribution is -2.17. The van der Waals surface area contributed by atoms with E-state index in [4.69, 9.17) is 0 Å². The van der Waals surface area contributed by atoms with Crippen LogP contribution in [0.5, 0.6) is 0 Å². The molecular weight excluding hydrogens is 771 g/mol. The van der Waals surface area contributed by atoms with E-state index < -0.39 is 0 Å². The van der Waals surface area contributed by atoms with E-state index in [1.54, 1.807) is 0 Å². The molecule has 1 aliphatic rings. The van der Waals surface area contributed by atoms with Crippen molar-refractivity contribution in [2.45, 2.75) is 19.3 Å². The third-order valence-corrected chi connectivity index (χ3v) is 13.1. The highest BCUT2D eigenvalue weighted by molar-refractivity contribution is 6.03. The molecule has 0 bridgehead atoms. The zero-order valence-electron chi connectivity index (χ0n) is 36.1. The molecule has 0 radical (unpaired) electrons. The summed E-state index contributed by atoms with van der Waals surface area (Å²) in [5, 5.41) is 0. The molecule has 64 heavy (non-hydrogen) atoms. The topological polar surface area (TPSA) is 3.24 Å². The Balaban J connectivity index is 1.15. The van der Waals surface area contributed by atoms with Gasteiger partial charge >= 0.3 is 0 Å². The number of nitrogens with zero attached hydrogens (tertiary/aromatic N) is 1. The van der Waals surface area contributed by atoms with Crippen molar-refractivity contribution in [1.29, 1.82) is 0 Å². The van der Waals surface area contributed by atoms with Crippen LogP contribution in [0.25, 0.3) is 77.9 Å². The van der Waals surface area contributed by atoms with E-state index in [2.05, 4.69) is 267 Å². The maximum absolute atomic E-state index is 2.51. The fourth-order valence-electron chi connectivity index (χ4n) is 10.1. The van der Waals surface area contributed by atoms with Gasteiger partial charge in [-0.25, -0.2) is 0 Å². The SMILES string of the molecule is CC1(C)c2ccccc2-c2cccc(-c3ccccc3N(c3ccc(-c4ccc(-c5ccccc5)cc4)cc3)c3cccc(-c4ccccc4)c3-c3ccccc3-c3ccccc3)c21. The Morgan fingerprint density at radius 3 is 1.28 bits per heavy atom. The van der Waals surface area contributed by atoms with E-state index in [1.165, 1.54) is 89.0 Å². The van der Waals surface area contributed by atoms with Crippen LogP contribution >= 0.6 is 0 Å². The Kier molecular flexibility index (Phi) is 9.94. The lowest BCUT2D eigenvalue weighted by atomic mass is 9.78. The molecule has 0 unspecified atom stereocenters. The van der Waals surface area contributed by atoms with Gasteiger partial charge in [-0.2, -0.15) is 0 Å². The highest BCUT2D eigenvalue weighted by Crippen LogP contribution is 2.55. The Bertz CT molecular complexity index is 3260. The molecule has 0 saturated heterocycles. The minimum absolute atomic E-state index is 0.189. The highest BCUT2D eigenvalue weighted by Gasteiger charge is 2.38. The average molecular weight is 818 g/mol. The summed E-state index contributed by atoms with van der Waals surface area (Å²) in [6, 6.07) is 90.9. The number of anilines is 3. The van der Waals surface area contributed by atoms with Crippen molar-refractivity contribution in [2.24, 2.45) is 0 Å². The first-order valence-corrected chi connectivity index (χ1v) is 22.3. The molecule has 10 aromatic rings. The normalized spacial score (nSPS) is 12.3. The van der Waals surface area contributed by atoms with E-state index in [-0.39, 0.29) is 5.41 Å². The maximum atomic E-state index is 2.51. The van der Waals surface area contributed by atoms with Crippen LogP contribution in [-0.4, -0.2) is 0 Å². The maximum Gasteiger partial charge on any atom is 0.0546 e. The molecule has 11 rings (SSSR count). The van der Waals surface area contributed by atoms with Crippen molar-refractivity contribution < 1.29 is 0 Å². The zero-order valence-corrected chi connectivity index (χ0v) is 36.1. The second-order valence-corrected chi connectivity index (χ2v) is 17.2. The van der Waals surface area contributed by atoms with Crippen molar-refractivity contribution in [1.82, 2.24) is 0 Å². The summed E-state index contributed by atoms with van der Waals surface area (Å²) in [7, 11) is 0. The van der Waals surface area contributed by atoms with Gasteiger partial charge in [0.1, 0.15) is 0 Å². The fraction of sp³-hybridized carbons (Fsp3) is 0.0476. The van der Waals surface area contributed by atoms with Gasteiger partial charge in [0, 0.05) is 22.2 Å². The summed E-state index contributed by atoms with van der Waals surface area (Å²) < 4.78 is 0. The summed E-state index contributed by atoms with van der Waals surface area (Å²) in [4.78, 5) is 2.51. The van der Waals surface area contributed by atoms with E-state index >= 15 is 0 Å². The Morgan fingerprint density at radius 1 is 0.266 bits per heavy atom. The summed E-state index contributed by atoms with van der Waals surface area (Å²) in [5.41, 5.74) is 22.8. The number of benzene rings is 10. The highest BCUT2D eigenvalue weighted by atomic mass is 15.1. The third kappa shape index (κ3) is 6.83. The summed E-state index contributed by atoms with van der Waals surface area (Å²) in [6.07, 6.45) is 0. The summed E-state index contributed by atoms with van der Waals surface area (Å²) >= 11 is 0. The van der Waals surface area contributed by atoms with Crippen molar-refractivity contribution in [3.05, 3.63) is 260 Å². The minimum atomic E-state index is -0.189. The predicted molar refractivity (Wildman–Crippen MR) is 271 cm³/mol. The number of para-hydroxylation sites is 1. The molecule has 0 heterocycles. The quantitative estimate of drug-likeness (QED) is 0.140. The Hall–Kier alpha value is -8.00. The lowest BCUT2D eigenvalue weighted by molar-refractivity contribution is 0.662. The van der Waals surface area contributed by atoms with Crippen molar-refractivity contribution >= 4 is 17.1 Å². The van der Waals surface area contributed by atoms with E-state index in [9.17, 15) is 0 Å². The van der Waals surface area contributed by atoms with Gasteiger partial charge < -0.3 is 4.90 Å². The standard InChI is InChI=1S/C63H47N/c1-63(2)58-33-16-14-27-53(58)56-31-18-32-57(62(56)63)54-28-15-17-34-59(54)64(50-42-40-47(41-43-50)46-38-36-45(37-39-46)44-20-6-3-7-21-44)60-35-19-30-52(49-24-10-5-11-25-49)61(60)55-29-13-12-26-51(55)48-22-8-4-9-23-48/h3-43H,1-2H3. The van der Waals surface area contributed by atoms with Crippen LogP contribution < -0.4 is 4.90 Å². The number of hydrogen-bond acceptors (Lipinski definition) is 1. The van der Waals surface area contributed by atoms with Crippen molar-refractivity contribution in [3.63, 3.8) is 0 Å². The largest absolute Gasteiger partial charge is 0.309 e. The third-order valence-electron chi connectivity index (χ3n) is 13.1. The molecule has 0 saturated carbocycles. The van der Waals surface area contributed by atoms with E-state index in [0.717, 1.165) is 17.1 Å². The monoisotopic (exact) mass is 817 g/mol. The molecule has 0 aliphatic heterocycles. The molecule has 0 aromatic heterocycles. The lowest BCUT2D eigenvalue weighted by Gasteiger charge is -2.32. The van der Waals surface area contributed by atoms with Gasteiger partial charge in [-0.3, -0.25) is 0 Å². The van der Waals surface area contributed by atoms with Crippen LogP contribution in [-0.2, 0) is 5.41 Å². The molecular formula is C63H47N. The average Bonchev–Trinajstić information content (AvgIpc) is 3.61. The number of rotatable bonds is 9. The first-order valence-electron chi connectivity index (χ1n) is 22.3. The molecule has 1 aliphatic carbocycles. The molecule has 304 valence electrons. The Labute approximate surface area is 377 Å². The smallest absolute Gasteiger partial charge is 0.0546 e. The van der Waals surface area contributed by atoms with Gasteiger partial charge in [-0.15, -0.1) is 0 Å². The molecule has 0 spiro atoms. The molecule has 10 aromatic carbocycles. The summed E-state index contributed by atoms with van der Waals surface area (Å²) in [6.45, 7) is 4.77. The predicted octanol–water partition coefficient (Wildman–Crippen LogP) is 17.5. The van der Waals surface area contributed by atoms with Crippen LogP contribution in [0.3, 0.4) is 0 Å². The van der Waals surface area contributed by atoms with Gasteiger partial charge in [0.2, 0.25) is 0 Å². The zero-order chi connectivity index (χ0) is 43.0. The molecule has 0 N–H and O–H groups in total. The van der Waals surface area contributed by atoms with E-state index in [1.807, 2.05) is 0 Å². The van der Waals surface area contributed by atoms with Gasteiger partial charge in [-0.1, -0.05) is 238 Å². The van der Waals surface area contributed by atoms with Crippen LogP contribution in [0.15, 0.2) is 249 Å². The van der Waals surface area contributed by atoms with Gasteiger partial charge in [0.25, 0.3) is 0 Å². The van der Waals surface area contributed by atoms with Crippen LogP contribution in [0.4, 0.5) is 17.1 Å². The van der Waals surface area contributed by atoms with Crippen molar-refractivity contribution in [3.8, 4) is 77.9 Å².